The Labute approximate surface area is 158 Å². The van der Waals surface area contributed by atoms with Crippen molar-refractivity contribution in [1.82, 2.24) is 10.3 Å². The molecule has 1 N–H and O–H groups in total. The highest BCUT2D eigenvalue weighted by molar-refractivity contribution is 6.09. The fraction of sp³-hybridized carbons (Fsp3) is 0.350. The van der Waals surface area contributed by atoms with Gasteiger partial charge in [0.25, 0.3) is 5.91 Å². The first-order chi connectivity index (χ1) is 13.1. The summed E-state index contributed by atoms with van der Waals surface area (Å²) in [5.41, 5.74) is 2.02. The monoisotopic (exact) mass is 369 g/mol. The van der Waals surface area contributed by atoms with Gasteiger partial charge in [0.05, 0.1) is 5.69 Å². The van der Waals surface area contributed by atoms with E-state index in [4.69, 9.17) is 9.47 Å². The lowest BCUT2D eigenvalue weighted by Crippen LogP contribution is -2.35. The standard InChI is InChI=1S/C20H23N3O4/c1-14-6-7-17-16(13-14)23(11-8-18(24)21-10-4-12-26-2)20(25)15-5-3-9-22-19(15)27-17/h3,5-7,9,13H,4,8,10-12H2,1-2H3,(H,21,24). The Kier molecular flexibility index (Phi) is 6.03. The van der Waals surface area contributed by atoms with E-state index in [0.29, 0.717) is 30.2 Å². The number of hydrogen-bond acceptors (Lipinski definition) is 5. The third kappa shape index (κ3) is 4.43. The number of rotatable bonds is 7. The Morgan fingerprint density at radius 1 is 1.33 bits per heavy atom. The molecule has 0 unspecified atom stereocenters. The van der Waals surface area contributed by atoms with Crippen LogP contribution in [0.2, 0.25) is 0 Å². The third-order valence-electron chi connectivity index (χ3n) is 4.27. The van der Waals surface area contributed by atoms with Crippen molar-refractivity contribution in [3.8, 4) is 11.6 Å². The molecule has 0 fully saturated rings. The number of nitrogens with zero attached hydrogens (tertiary/aromatic N) is 2. The van der Waals surface area contributed by atoms with Crippen LogP contribution in [0.15, 0.2) is 36.5 Å². The zero-order valence-electron chi connectivity index (χ0n) is 15.5. The van der Waals surface area contributed by atoms with Crippen LogP contribution in [0.1, 0.15) is 28.8 Å². The molecule has 0 saturated carbocycles. The molecular weight excluding hydrogens is 346 g/mol. The molecule has 2 heterocycles. The van der Waals surface area contributed by atoms with Crippen LogP contribution in [0.25, 0.3) is 0 Å². The molecule has 2 aromatic rings. The van der Waals surface area contributed by atoms with Crippen LogP contribution in [0.3, 0.4) is 0 Å². The number of anilines is 1. The molecule has 142 valence electrons. The molecule has 1 aromatic carbocycles. The van der Waals surface area contributed by atoms with Crippen LogP contribution in [0.4, 0.5) is 5.69 Å². The van der Waals surface area contributed by atoms with E-state index in [0.717, 1.165) is 12.0 Å². The van der Waals surface area contributed by atoms with Crippen molar-refractivity contribution in [3.05, 3.63) is 47.7 Å². The van der Waals surface area contributed by atoms with Crippen LogP contribution < -0.4 is 15.0 Å². The minimum absolute atomic E-state index is 0.107. The average Bonchev–Trinajstić information content (AvgIpc) is 2.78. The number of pyridine rings is 1. The number of aryl methyl sites for hydroxylation is 1. The summed E-state index contributed by atoms with van der Waals surface area (Å²) in [6.45, 7) is 3.34. The summed E-state index contributed by atoms with van der Waals surface area (Å²) in [6.07, 6.45) is 2.53. The smallest absolute Gasteiger partial charge is 0.263 e. The quantitative estimate of drug-likeness (QED) is 0.759. The lowest BCUT2D eigenvalue weighted by Gasteiger charge is -2.22. The highest BCUT2D eigenvalue weighted by Gasteiger charge is 2.29. The Hall–Kier alpha value is -2.93. The molecular formula is C20H23N3O4. The Balaban J connectivity index is 1.79. The predicted octanol–water partition coefficient (Wildman–Crippen LogP) is 2.69. The van der Waals surface area contributed by atoms with Crippen LogP contribution in [0.5, 0.6) is 11.6 Å². The van der Waals surface area contributed by atoms with E-state index >= 15 is 0 Å². The number of nitrogens with one attached hydrogen (secondary N) is 1. The molecule has 0 aliphatic carbocycles. The van der Waals surface area contributed by atoms with Crippen molar-refractivity contribution in [1.29, 1.82) is 0 Å². The molecule has 1 aliphatic heterocycles. The summed E-state index contributed by atoms with van der Waals surface area (Å²) in [4.78, 5) is 31.0. The lowest BCUT2D eigenvalue weighted by molar-refractivity contribution is -0.120. The topological polar surface area (TPSA) is 80.8 Å². The largest absolute Gasteiger partial charge is 0.436 e. The molecule has 0 bridgehead atoms. The zero-order valence-corrected chi connectivity index (χ0v) is 15.5. The minimum Gasteiger partial charge on any atom is -0.436 e. The first-order valence-corrected chi connectivity index (χ1v) is 8.91. The van der Waals surface area contributed by atoms with Gasteiger partial charge in [0.1, 0.15) is 5.56 Å². The second kappa shape index (κ2) is 8.64. The van der Waals surface area contributed by atoms with Crippen LogP contribution in [0, 0.1) is 6.92 Å². The molecule has 7 nitrogen and oxygen atoms in total. The Bertz CT molecular complexity index is 838. The van der Waals surface area contributed by atoms with E-state index in [-0.39, 0.29) is 30.7 Å². The maximum Gasteiger partial charge on any atom is 0.263 e. The number of carbonyl (C=O) groups excluding carboxylic acids is 2. The van der Waals surface area contributed by atoms with Crippen LogP contribution in [-0.2, 0) is 9.53 Å². The summed E-state index contributed by atoms with van der Waals surface area (Å²) >= 11 is 0. The van der Waals surface area contributed by atoms with Crippen molar-refractivity contribution in [2.75, 3.05) is 31.7 Å². The zero-order chi connectivity index (χ0) is 19.2. The van der Waals surface area contributed by atoms with Gasteiger partial charge in [-0.2, -0.15) is 0 Å². The minimum atomic E-state index is -0.227. The van der Waals surface area contributed by atoms with Crippen molar-refractivity contribution < 1.29 is 19.1 Å². The average molecular weight is 369 g/mol. The van der Waals surface area contributed by atoms with E-state index in [1.807, 2.05) is 25.1 Å². The fourth-order valence-corrected chi connectivity index (χ4v) is 2.89. The summed E-state index contributed by atoms with van der Waals surface area (Å²) in [5.74, 6) is 0.491. The van der Waals surface area contributed by atoms with E-state index in [1.54, 1.807) is 30.3 Å². The normalized spacial score (nSPS) is 12.7. The Morgan fingerprint density at radius 3 is 3.00 bits per heavy atom. The number of aromatic nitrogens is 1. The second-order valence-corrected chi connectivity index (χ2v) is 6.33. The number of hydrogen-bond donors (Lipinski definition) is 1. The number of amides is 2. The van der Waals surface area contributed by atoms with Crippen molar-refractivity contribution >= 4 is 17.5 Å². The maximum atomic E-state index is 13.1. The summed E-state index contributed by atoms with van der Waals surface area (Å²) in [7, 11) is 1.63. The van der Waals surface area contributed by atoms with Gasteiger partial charge in [0, 0.05) is 39.4 Å². The first-order valence-electron chi connectivity index (χ1n) is 8.91. The van der Waals surface area contributed by atoms with E-state index in [9.17, 15) is 9.59 Å². The van der Waals surface area contributed by atoms with Crippen molar-refractivity contribution in [2.45, 2.75) is 19.8 Å². The first kappa shape index (κ1) is 18.8. The van der Waals surface area contributed by atoms with Gasteiger partial charge < -0.3 is 19.7 Å². The number of benzene rings is 1. The van der Waals surface area contributed by atoms with E-state index in [1.165, 1.54) is 0 Å². The highest BCUT2D eigenvalue weighted by Crippen LogP contribution is 2.38. The molecule has 2 amide bonds. The molecule has 0 radical (unpaired) electrons. The molecule has 0 atom stereocenters. The number of fused-ring (bicyclic) bond motifs is 2. The Morgan fingerprint density at radius 2 is 2.19 bits per heavy atom. The van der Waals surface area contributed by atoms with Gasteiger partial charge in [-0.3, -0.25) is 9.59 Å². The van der Waals surface area contributed by atoms with Crippen LogP contribution >= 0.6 is 0 Å². The van der Waals surface area contributed by atoms with Crippen molar-refractivity contribution in [2.24, 2.45) is 0 Å². The van der Waals surface area contributed by atoms with Crippen molar-refractivity contribution in [3.63, 3.8) is 0 Å². The van der Waals surface area contributed by atoms with Gasteiger partial charge in [-0.05, 0) is 43.2 Å². The lowest BCUT2D eigenvalue weighted by atomic mass is 10.1. The number of carbonyl (C=O) groups is 2. The van der Waals surface area contributed by atoms with Gasteiger partial charge in [0.2, 0.25) is 11.8 Å². The molecule has 1 aromatic heterocycles. The summed E-state index contributed by atoms with van der Waals surface area (Å²) in [6, 6.07) is 9.00. The van der Waals surface area contributed by atoms with Crippen LogP contribution in [-0.4, -0.2) is 43.6 Å². The SMILES string of the molecule is COCCCNC(=O)CCN1C(=O)c2cccnc2Oc2ccc(C)cc21. The second-order valence-electron chi connectivity index (χ2n) is 6.33. The van der Waals surface area contributed by atoms with Gasteiger partial charge >= 0.3 is 0 Å². The molecule has 27 heavy (non-hydrogen) atoms. The van der Waals surface area contributed by atoms with E-state index < -0.39 is 0 Å². The predicted molar refractivity (Wildman–Crippen MR) is 101 cm³/mol. The van der Waals surface area contributed by atoms with Gasteiger partial charge in [-0.1, -0.05) is 6.07 Å². The number of ether oxygens (including phenoxy) is 2. The highest BCUT2D eigenvalue weighted by atomic mass is 16.5. The molecule has 7 heteroatoms. The maximum absolute atomic E-state index is 13.1. The van der Waals surface area contributed by atoms with Gasteiger partial charge in [-0.25, -0.2) is 4.98 Å². The molecule has 0 spiro atoms. The molecule has 3 rings (SSSR count). The van der Waals surface area contributed by atoms with Gasteiger partial charge in [0.15, 0.2) is 5.75 Å². The summed E-state index contributed by atoms with van der Waals surface area (Å²) < 4.78 is 10.8. The fourth-order valence-electron chi connectivity index (χ4n) is 2.89. The third-order valence-corrected chi connectivity index (χ3v) is 4.27. The molecule has 0 saturated heterocycles. The molecule has 1 aliphatic rings. The number of methoxy groups -OCH3 is 1. The van der Waals surface area contributed by atoms with E-state index in [2.05, 4.69) is 10.3 Å². The van der Waals surface area contributed by atoms with Gasteiger partial charge in [-0.15, -0.1) is 0 Å². The summed E-state index contributed by atoms with van der Waals surface area (Å²) in [5, 5.41) is 2.84.